The van der Waals surface area contributed by atoms with E-state index in [1.165, 1.54) is 24.2 Å². The molecule has 4 rings (SSSR count). The van der Waals surface area contributed by atoms with E-state index in [1.807, 2.05) is 13.8 Å². The number of nitrogens with zero attached hydrogens (tertiary/aromatic N) is 2. The van der Waals surface area contributed by atoms with Crippen LogP contribution in [0.5, 0.6) is 0 Å². The molecule has 0 amide bonds. The summed E-state index contributed by atoms with van der Waals surface area (Å²) < 4.78 is 6.54. The molecule has 4 heterocycles. The molecule has 1 aromatic heterocycles. The normalized spacial score (nSPS) is 34.5. The molecule has 3 aliphatic rings. The van der Waals surface area contributed by atoms with Gasteiger partial charge in [0.05, 0.1) is 12.2 Å². The van der Waals surface area contributed by atoms with Gasteiger partial charge in [-0.2, -0.15) is 0 Å². The lowest BCUT2D eigenvalue weighted by atomic mass is 9.83. The highest BCUT2D eigenvalue weighted by Crippen LogP contribution is 2.40. The van der Waals surface area contributed by atoms with Gasteiger partial charge in [0.15, 0.2) is 0 Å². The van der Waals surface area contributed by atoms with E-state index in [2.05, 4.69) is 13.9 Å². The highest BCUT2D eigenvalue weighted by Gasteiger charge is 2.55. The second-order valence-electron chi connectivity index (χ2n) is 7.13. The number of hydrogen-bond donors (Lipinski definition) is 2. The zero-order valence-corrected chi connectivity index (χ0v) is 14.1. The second-order valence-corrected chi connectivity index (χ2v) is 7.13. The molecule has 132 valence electrons. The summed E-state index contributed by atoms with van der Waals surface area (Å²) in [6.07, 6.45) is 5.07. The van der Waals surface area contributed by atoms with Crippen LogP contribution in [0.15, 0.2) is 22.8 Å². The fraction of sp³-hybridized carbons (Fsp3) is 0.647. The molecule has 7 heteroatoms. The molecule has 0 bridgehead atoms. The van der Waals surface area contributed by atoms with E-state index in [0.29, 0.717) is 5.92 Å². The molecule has 24 heavy (non-hydrogen) atoms. The van der Waals surface area contributed by atoms with Crippen molar-refractivity contribution in [2.24, 2.45) is 5.92 Å². The number of piperidine rings is 1. The summed E-state index contributed by atoms with van der Waals surface area (Å²) in [5, 5.41) is 30.6. The van der Waals surface area contributed by atoms with Gasteiger partial charge in [-0.15, -0.1) is 0 Å². The van der Waals surface area contributed by atoms with Gasteiger partial charge in [-0.1, -0.05) is 0 Å². The summed E-state index contributed by atoms with van der Waals surface area (Å²) in [7, 11) is 0. The fourth-order valence-corrected chi connectivity index (χ4v) is 3.95. The molecule has 0 unspecified atom stereocenters. The van der Waals surface area contributed by atoms with E-state index in [4.69, 9.17) is 0 Å². The van der Waals surface area contributed by atoms with E-state index in [9.17, 15) is 20.1 Å². The van der Waals surface area contributed by atoms with Crippen LogP contribution in [0.4, 0.5) is 0 Å². The third kappa shape index (κ3) is 2.93. The number of hydrogen-bond acceptors (Lipinski definition) is 6. The quantitative estimate of drug-likeness (QED) is 0.699. The molecule has 7 nitrogen and oxygen atoms in total. The van der Waals surface area contributed by atoms with E-state index < -0.39 is 17.4 Å². The first-order valence-electron chi connectivity index (χ1n) is 8.34. The molecule has 1 saturated heterocycles. The predicted molar refractivity (Wildman–Crippen MR) is 83.1 cm³/mol. The van der Waals surface area contributed by atoms with Gasteiger partial charge in [0.25, 0.3) is 5.84 Å². The van der Waals surface area contributed by atoms with Gasteiger partial charge in [-0.05, 0) is 25.0 Å². The number of carbonyl (C=O) groups is 1. The molecule has 0 radical (unpaired) electrons. The van der Waals surface area contributed by atoms with Crippen molar-refractivity contribution in [3.63, 3.8) is 0 Å². The monoisotopic (exact) mass is 336 g/mol. The lowest BCUT2D eigenvalue weighted by Gasteiger charge is -2.41. The third-order valence-electron chi connectivity index (χ3n) is 5.28. The topological polar surface area (TPSA) is 100.0 Å². The van der Waals surface area contributed by atoms with Gasteiger partial charge in [0.2, 0.25) is 11.4 Å². The van der Waals surface area contributed by atoms with Crippen molar-refractivity contribution in [1.29, 1.82) is 0 Å². The van der Waals surface area contributed by atoms with Crippen LogP contribution in [0.25, 0.3) is 0 Å². The molecular formula is C17H24N2O5. The lowest BCUT2D eigenvalue weighted by Crippen LogP contribution is -2.58. The number of carboxylic acids is 1. The summed E-state index contributed by atoms with van der Waals surface area (Å²) in [5.41, 5.74) is -1.43. The third-order valence-corrected chi connectivity index (χ3v) is 5.28. The summed E-state index contributed by atoms with van der Waals surface area (Å²) in [5.74, 6) is 0.315. The van der Waals surface area contributed by atoms with Crippen molar-refractivity contribution in [1.82, 2.24) is 4.90 Å². The Kier molecular flexibility index (Phi) is 4.17. The number of carbonyl (C=O) groups excluding carboxylic acids is 1. The maximum absolute atomic E-state index is 10.4. The van der Waals surface area contributed by atoms with E-state index >= 15 is 0 Å². The van der Waals surface area contributed by atoms with Gasteiger partial charge < -0.3 is 24.5 Å². The summed E-state index contributed by atoms with van der Waals surface area (Å²) in [6.45, 7) is 5.47. The highest BCUT2D eigenvalue weighted by atomic mass is 16.4. The van der Waals surface area contributed by atoms with Gasteiger partial charge in [-0.3, -0.25) is 0 Å². The van der Waals surface area contributed by atoms with Crippen molar-refractivity contribution in [3.05, 3.63) is 24.2 Å². The average Bonchev–Trinajstić information content (AvgIpc) is 3.17. The maximum Gasteiger partial charge on any atom is 0.254 e. The van der Waals surface area contributed by atoms with Gasteiger partial charge in [0, 0.05) is 26.7 Å². The van der Waals surface area contributed by atoms with Crippen molar-refractivity contribution in [2.75, 3.05) is 13.1 Å². The van der Waals surface area contributed by atoms with Crippen molar-refractivity contribution in [2.45, 2.75) is 51.0 Å². The molecule has 1 fully saturated rings. The molecule has 0 spiro atoms. The number of aliphatic hydroxyl groups is 2. The van der Waals surface area contributed by atoms with E-state index in [0.717, 1.165) is 38.8 Å². The Balaban J connectivity index is 0.000000179. The molecular weight excluding hydrogens is 312 g/mol. The minimum Gasteiger partial charge on any atom is -0.542 e. The summed E-state index contributed by atoms with van der Waals surface area (Å²) in [4.78, 5) is 12.0. The summed E-state index contributed by atoms with van der Waals surface area (Å²) in [6, 6.07) is 2.82. The Morgan fingerprint density at radius 3 is 2.67 bits per heavy atom. The second kappa shape index (κ2) is 5.89. The van der Waals surface area contributed by atoms with Gasteiger partial charge in [0.1, 0.15) is 24.8 Å². The Bertz CT molecular complexity index is 648. The first-order valence-corrected chi connectivity index (χ1v) is 8.34. The Morgan fingerprint density at radius 2 is 2.08 bits per heavy atom. The zero-order valence-electron chi connectivity index (χ0n) is 14.1. The van der Waals surface area contributed by atoms with Crippen LogP contribution in [-0.4, -0.2) is 56.0 Å². The van der Waals surface area contributed by atoms with Crippen molar-refractivity contribution < 1.29 is 29.1 Å². The van der Waals surface area contributed by atoms with Crippen LogP contribution >= 0.6 is 0 Å². The Morgan fingerprint density at radius 1 is 1.38 bits per heavy atom. The number of carboxylic acid groups (broad SMARTS) is 1. The molecule has 0 aromatic carbocycles. The predicted octanol–water partition coefficient (Wildman–Crippen LogP) is -0.0231. The zero-order chi connectivity index (χ0) is 17.5. The van der Waals surface area contributed by atoms with Crippen LogP contribution in [0.2, 0.25) is 0 Å². The van der Waals surface area contributed by atoms with E-state index in [-0.39, 0.29) is 5.76 Å². The summed E-state index contributed by atoms with van der Waals surface area (Å²) >= 11 is 0. The average molecular weight is 336 g/mol. The van der Waals surface area contributed by atoms with Crippen LogP contribution in [0.3, 0.4) is 0 Å². The van der Waals surface area contributed by atoms with Gasteiger partial charge >= 0.3 is 0 Å². The standard InChI is InChI=1S/C12H21N2O2.C5H4O3/c1-11(15)5-3-9-4-6-12(2,16)14-8-7-13(11)10(9)14;6-5(7)4-2-1-3-8-4/h9,15-16H,3-8H2,1-2H3;1-3H,(H,6,7)/q+1;/p-1/t9-,11-,12+;. The molecule has 1 aromatic rings. The largest absolute Gasteiger partial charge is 0.542 e. The number of aromatic carboxylic acids is 1. The minimum absolute atomic E-state index is 0.134. The first kappa shape index (κ1) is 17.0. The lowest BCUT2D eigenvalue weighted by molar-refractivity contribution is -0.654. The molecule has 3 atom stereocenters. The maximum atomic E-state index is 10.4. The molecule has 3 aliphatic heterocycles. The van der Waals surface area contributed by atoms with Crippen molar-refractivity contribution in [3.8, 4) is 0 Å². The molecule has 0 aliphatic carbocycles. The van der Waals surface area contributed by atoms with Crippen LogP contribution in [-0.2, 0) is 0 Å². The van der Waals surface area contributed by atoms with E-state index in [1.54, 1.807) is 0 Å². The number of amidine groups is 1. The smallest absolute Gasteiger partial charge is 0.254 e. The SMILES string of the molecule is C[C@]1(O)CC[C@H]2CC[C@@](C)(O)[N+]3=C2N1CC3.O=C([O-])c1ccco1. The molecule has 0 saturated carbocycles. The minimum atomic E-state index is -1.28. The Hall–Kier alpha value is -1.86. The first-order chi connectivity index (χ1) is 11.2. The van der Waals surface area contributed by atoms with Crippen LogP contribution in [0, 0.1) is 5.92 Å². The number of rotatable bonds is 1. The van der Waals surface area contributed by atoms with Crippen LogP contribution in [0.1, 0.15) is 50.1 Å². The van der Waals surface area contributed by atoms with Crippen molar-refractivity contribution >= 4 is 11.8 Å². The Labute approximate surface area is 140 Å². The van der Waals surface area contributed by atoms with Gasteiger partial charge in [-0.25, -0.2) is 9.48 Å². The fourth-order valence-electron chi connectivity index (χ4n) is 3.95. The molecule has 2 N–H and O–H groups in total. The van der Waals surface area contributed by atoms with Crippen LogP contribution < -0.4 is 5.11 Å². The highest BCUT2D eigenvalue weighted by molar-refractivity contribution is 5.83. The number of furan rings is 1.